The van der Waals surface area contributed by atoms with Crippen LogP contribution in [0, 0.1) is 5.92 Å². The molecule has 1 unspecified atom stereocenters. The maximum atomic E-state index is 10.9. The van der Waals surface area contributed by atoms with Crippen LogP contribution in [0.3, 0.4) is 0 Å². The number of carbonyl (C=O) groups is 1. The summed E-state index contributed by atoms with van der Waals surface area (Å²) in [5.41, 5.74) is 2.85. The van der Waals surface area contributed by atoms with Crippen LogP contribution < -0.4 is 0 Å². The van der Waals surface area contributed by atoms with Gasteiger partial charge in [0.2, 0.25) is 0 Å². The SMILES string of the molecule is COCC1CCc2ccc(C(=O)O)cc2C1. The lowest BCUT2D eigenvalue weighted by atomic mass is 9.83. The number of hydrogen-bond acceptors (Lipinski definition) is 2. The Bertz CT molecular complexity index is 398. The Morgan fingerprint density at radius 3 is 3.00 bits per heavy atom. The number of carboxylic acid groups (broad SMARTS) is 1. The first-order valence-electron chi connectivity index (χ1n) is 5.54. The van der Waals surface area contributed by atoms with Crippen molar-refractivity contribution in [1.82, 2.24) is 0 Å². The third-order valence-electron chi connectivity index (χ3n) is 3.19. The minimum Gasteiger partial charge on any atom is -0.478 e. The van der Waals surface area contributed by atoms with Crippen molar-refractivity contribution in [1.29, 1.82) is 0 Å². The Balaban J connectivity index is 2.21. The van der Waals surface area contributed by atoms with Gasteiger partial charge >= 0.3 is 5.97 Å². The maximum Gasteiger partial charge on any atom is 0.335 e. The van der Waals surface area contributed by atoms with Crippen molar-refractivity contribution >= 4 is 5.97 Å². The lowest BCUT2D eigenvalue weighted by Crippen LogP contribution is -2.19. The molecule has 1 aromatic carbocycles. The molecular weight excluding hydrogens is 204 g/mol. The van der Waals surface area contributed by atoms with E-state index in [-0.39, 0.29) is 0 Å². The second-order valence-corrected chi connectivity index (χ2v) is 4.35. The lowest BCUT2D eigenvalue weighted by molar-refractivity contribution is 0.0696. The molecule has 86 valence electrons. The van der Waals surface area contributed by atoms with E-state index in [2.05, 4.69) is 0 Å². The Hall–Kier alpha value is -1.35. The van der Waals surface area contributed by atoms with Crippen LogP contribution in [0.15, 0.2) is 18.2 Å². The molecule has 3 nitrogen and oxygen atoms in total. The van der Waals surface area contributed by atoms with Crippen molar-refractivity contribution in [2.45, 2.75) is 19.3 Å². The van der Waals surface area contributed by atoms with Gasteiger partial charge in [0.1, 0.15) is 0 Å². The van der Waals surface area contributed by atoms with Gasteiger partial charge in [-0.25, -0.2) is 4.79 Å². The summed E-state index contributed by atoms with van der Waals surface area (Å²) in [7, 11) is 1.71. The first-order valence-corrected chi connectivity index (χ1v) is 5.54. The highest BCUT2D eigenvalue weighted by Gasteiger charge is 2.19. The normalized spacial score (nSPS) is 19.2. The van der Waals surface area contributed by atoms with Crippen LogP contribution in [0.1, 0.15) is 27.9 Å². The first-order chi connectivity index (χ1) is 7.70. The fourth-order valence-corrected chi connectivity index (χ4v) is 2.34. The highest BCUT2D eigenvalue weighted by molar-refractivity contribution is 5.87. The van der Waals surface area contributed by atoms with Crippen molar-refractivity contribution in [2.75, 3.05) is 13.7 Å². The molecule has 3 heteroatoms. The van der Waals surface area contributed by atoms with Gasteiger partial charge in [-0.05, 0) is 48.4 Å². The van der Waals surface area contributed by atoms with Crippen LogP contribution in [-0.2, 0) is 17.6 Å². The van der Waals surface area contributed by atoms with Crippen LogP contribution in [0.2, 0.25) is 0 Å². The van der Waals surface area contributed by atoms with E-state index >= 15 is 0 Å². The summed E-state index contributed by atoms with van der Waals surface area (Å²) in [6, 6.07) is 5.44. The zero-order valence-corrected chi connectivity index (χ0v) is 9.40. The van der Waals surface area contributed by atoms with Crippen molar-refractivity contribution in [3.63, 3.8) is 0 Å². The topological polar surface area (TPSA) is 46.5 Å². The largest absolute Gasteiger partial charge is 0.478 e. The molecule has 0 aromatic heterocycles. The van der Waals surface area contributed by atoms with Crippen molar-refractivity contribution in [3.05, 3.63) is 34.9 Å². The molecule has 1 aliphatic rings. The van der Waals surface area contributed by atoms with Crippen LogP contribution >= 0.6 is 0 Å². The zero-order chi connectivity index (χ0) is 11.5. The number of carboxylic acids is 1. The van der Waals surface area contributed by atoms with E-state index in [1.54, 1.807) is 19.2 Å². The van der Waals surface area contributed by atoms with Crippen molar-refractivity contribution in [2.24, 2.45) is 5.92 Å². The Kier molecular flexibility index (Phi) is 3.25. The van der Waals surface area contributed by atoms with Crippen LogP contribution in [-0.4, -0.2) is 24.8 Å². The maximum absolute atomic E-state index is 10.9. The van der Waals surface area contributed by atoms with E-state index in [4.69, 9.17) is 9.84 Å². The zero-order valence-electron chi connectivity index (χ0n) is 9.40. The number of benzene rings is 1. The third kappa shape index (κ3) is 2.25. The summed E-state index contributed by atoms with van der Waals surface area (Å²) in [5, 5.41) is 8.93. The Labute approximate surface area is 95.0 Å². The van der Waals surface area contributed by atoms with Crippen LogP contribution in [0.4, 0.5) is 0 Å². The van der Waals surface area contributed by atoms with Gasteiger partial charge in [0.15, 0.2) is 0 Å². The molecule has 0 amide bonds. The van der Waals surface area contributed by atoms with Gasteiger partial charge in [-0.1, -0.05) is 6.07 Å². The molecule has 1 atom stereocenters. The Morgan fingerprint density at radius 1 is 1.50 bits per heavy atom. The summed E-state index contributed by atoms with van der Waals surface area (Å²) in [6.45, 7) is 0.761. The van der Waals surface area contributed by atoms with Crippen LogP contribution in [0.5, 0.6) is 0 Å². The molecule has 0 spiro atoms. The second-order valence-electron chi connectivity index (χ2n) is 4.35. The average molecular weight is 220 g/mol. The molecule has 1 N–H and O–H groups in total. The van der Waals surface area contributed by atoms with Crippen molar-refractivity contribution < 1.29 is 14.6 Å². The number of aromatic carboxylic acids is 1. The number of hydrogen-bond donors (Lipinski definition) is 1. The van der Waals surface area contributed by atoms with Crippen molar-refractivity contribution in [3.8, 4) is 0 Å². The minimum atomic E-state index is -0.850. The molecule has 2 rings (SSSR count). The molecule has 1 aromatic rings. The number of fused-ring (bicyclic) bond motifs is 1. The second kappa shape index (κ2) is 4.66. The molecule has 0 aliphatic heterocycles. The predicted molar refractivity (Wildman–Crippen MR) is 60.8 cm³/mol. The number of rotatable bonds is 3. The van der Waals surface area contributed by atoms with E-state index in [1.165, 1.54) is 11.1 Å². The molecule has 0 radical (unpaired) electrons. The molecule has 0 saturated carbocycles. The fraction of sp³-hybridized carbons (Fsp3) is 0.462. The van der Waals surface area contributed by atoms with E-state index in [9.17, 15) is 4.79 Å². The fourth-order valence-electron chi connectivity index (χ4n) is 2.34. The summed E-state index contributed by atoms with van der Waals surface area (Å²) < 4.78 is 5.16. The smallest absolute Gasteiger partial charge is 0.335 e. The molecule has 16 heavy (non-hydrogen) atoms. The summed E-state index contributed by atoms with van der Waals surface area (Å²) in [4.78, 5) is 10.9. The standard InChI is InChI=1S/C13H16O3/c1-16-8-9-2-3-10-4-5-11(13(14)15)7-12(10)6-9/h4-5,7,9H,2-3,6,8H2,1H3,(H,14,15). The Morgan fingerprint density at radius 2 is 2.31 bits per heavy atom. The van der Waals surface area contributed by atoms with E-state index in [0.717, 1.165) is 25.9 Å². The van der Waals surface area contributed by atoms with Gasteiger partial charge in [-0.2, -0.15) is 0 Å². The average Bonchev–Trinajstić information content (AvgIpc) is 2.28. The van der Waals surface area contributed by atoms with Gasteiger partial charge in [0.25, 0.3) is 0 Å². The highest BCUT2D eigenvalue weighted by Crippen LogP contribution is 2.26. The summed E-state index contributed by atoms with van der Waals surface area (Å²) >= 11 is 0. The predicted octanol–water partition coefficient (Wildman–Crippen LogP) is 2.14. The quantitative estimate of drug-likeness (QED) is 0.848. The van der Waals surface area contributed by atoms with E-state index in [1.807, 2.05) is 6.07 Å². The van der Waals surface area contributed by atoms with Gasteiger partial charge in [-0.3, -0.25) is 0 Å². The lowest BCUT2D eigenvalue weighted by Gasteiger charge is -2.24. The summed E-state index contributed by atoms with van der Waals surface area (Å²) in [5.74, 6) is -0.321. The third-order valence-corrected chi connectivity index (χ3v) is 3.19. The van der Waals surface area contributed by atoms with E-state index in [0.29, 0.717) is 11.5 Å². The number of methoxy groups -OCH3 is 1. The van der Waals surface area contributed by atoms with Crippen LogP contribution in [0.25, 0.3) is 0 Å². The van der Waals surface area contributed by atoms with E-state index < -0.39 is 5.97 Å². The molecule has 1 aliphatic carbocycles. The molecular formula is C13H16O3. The van der Waals surface area contributed by atoms with Gasteiger partial charge in [0, 0.05) is 13.7 Å². The van der Waals surface area contributed by atoms with Gasteiger partial charge in [-0.15, -0.1) is 0 Å². The number of ether oxygens (including phenoxy) is 1. The summed E-state index contributed by atoms with van der Waals surface area (Å²) in [6.07, 6.45) is 3.10. The monoisotopic (exact) mass is 220 g/mol. The minimum absolute atomic E-state index is 0.386. The molecule has 0 saturated heterocycles. The molecule has 0 fully saturated rings. The molecule has 0 heterocycles. The number of aryl methyl sites for hydroxylation is 1. The van der Waals surface area contributed by atoms with Gasteiger partial charge in [0.05, 0.1) is 5.56 Å². The first kappa shape index (κ1) is 11.1. The van der Waals surface area contributed by atoms with Gasteiger partial charge < -0.3 is 9.84 Å². The molecule has 0 bridgehead atoms. The highest BCUT2D eigenvalue weighted by atomic mass is 16.5.